The molecule has 0 N–H and O–H groups in total. The summed E-state index contributed by atoms with van der Waals surface area (Å²) in [5, 5.41) is 0. The maximum Gasteiger partial charge on any atom is 0.178 e. The van der Waals surface area contributed by atoms with Crippen molar-refractivity contribution in [2.24, 2.45) is 0 Å². The van der Waals surface area contributed by atoms with Crippen molar-refractivity contribution in [1.29, 1.82) is 0 Å². The Morgan fingerprint density at radius 1 is 1.05 bits per heavy atom. The van der Waals surface area contributed by atoms with E-state index >= 15 is 0 Å². The Hall–Kier alpha value is -1.09. The Balaban J connectivity index is 2.86. The van der Waals surface area contributed by atoms with Gasteiger partial charge in [-0.25, -0.2) is 8.42 Å². The molecule has 20 heavy (non-hydrogen) atoms. The first-order chi connectivity index (χ1) is 9.55. The first kappa shape index (κ1) is 17.0. The molecule has 112 valence electrons. The van der Waals surface area contributed by atoms with Crippen LogP contribution in [0.2, 0.25) is 0 Å². The molecule has 0 saturated heterocycles. The van der Waals surface area contributed by atoms with Crippen molar-refractivity contribution < 1.29 is 8.42 Å². The van der Waals surface area contributed by atoms with Crippen molar-refractivity contribution in [2.45, 2.75) is 57.3 Å². The quantitative estimate of drug-likeness (QED) is 0.650. The normalized spacial score (nSPS) is 13.8. The highest BCUT2D eigenvalue weighted by Crippen LogP contribution is 2.25. The van der Waals surface area contributed by atoms with Crippen LogP contribution in [0.15, 0.2) is 41.3 Å². The molecule has 0 amide bonds. The summed E-state index contributed by atoms with van der Waals surface area (Å²) in [5.41, 5.74) is 1.23. The number of benzene rings is 1. The van der Waals surface area contributed by atoms with Crippen LogP contribution in [0.3, 0.4) is 0 Å². The van der Waals surface area contributed by atoms with Crippen molar-refractivity contribution in [3.63, 3.8) is 0 Å². The fourth-order valence-electron chi connectivity index (χ4n) is 2.30. The van der Waals surface area contributed by atoms with E-state index in [0.29, 0.717) is 17.2 Å². The number of sulfone groups is 1. The van der Waals surface area contributed by atoms with Crippen LogP contribution in [-0.4, -0.2) is 14.2 Å². The lowest BCUT2D eigenvalue weighted by molar-refractivity contribution is 0.594. The highest BCUT2D eigenvalue weighted by molar-refractivity contribution is 7.91. The maximum atomic E-state index is 12.0. The van der Waals surface area contributed by atoms with Gasteiger partial charge in [0.1, 0.15) is 0 Å². The Morgan fingerprint density at radius 3 is 2.20 bits per heavy atom. The molecule has 0 saturated carbocycles. The molecule has 0 aliphatic heterocycles. The van der Waals surface area contributed by atoms with Crippen molar-refractivity contribution in [1.82, 2.24) is 0 Å². The molecule has 3 heteroatoms. The minimum absolute atomic E-state index is 0.225. The smallest absolute Gasteiger partial charge is 0.178 e. The van der Waals surface area contributed by atoms with E-state index in [9.17, 15) is 8.42 Å². The lowest BCUT2D eigenvalue weighted by Gasteiger charge is -2.14. The first-order valence-corrected chi connectivity index (χ1v) is 9.18. The van der Waals surface area contributed by atoms with Gasteiger partial charge in [0.15, 0.2) is 9.84 Å². The van der Waals surface area contributed by atoms with E-state index in [1.54, 1.807) is 12.1 Å². The van der Waals surface area contributed by atoms with Crippen LogP contribution in [-0.2, 0) is 9.84 Å². The second kappa shape index (κ2) is 8.25. The summed E-state index contributed by atoms with van der Waals surface area (Å²) in [6.45, 7) is 6.19. The summed E-state index contributed by atoms with van der Waals surface area (Å²) in [5.74, 6) is 0.698. The van der Waals surface area contributed by atoms with Crippen molar-refractivity contribution in [3.05, 3.63) is 42.0 Å². The fourth-order valence-corrected chi connectivity index (χ4v) is 3.62. The molecule has 0 fully saturated rings. The van der Waals surface area contributed by atoms with Gasteiger partial charge < -0.3 is 0 Å². The van der Waals surface area contributed by atoms with E-state index in [1.807, 2.05) is 19.1 Å². The van der Waals surface area contributed by atoms with Crippen LogP contribution in [0.5, 0.6) is 0 Å². The zero-order valence-electron chi connectivity index (χ0n) is 12.8. The minimum Gasteiger partial charge on any atom is -0.224 e. The van der Waals surface area contributed by atoms with Crippen LogP contribution >= 0.6 is 0 Å². The van der Waals surface area contributed by atoms with Gasteiger partial charge in [0.05, 0.1) is 10.6 Å². The zero-order chi connectivity index (χ0) is 15.0. The lowest BCUT2D eigenvalue weighted by Crippen LogP contribution is -2.06. The van der Waals surface area contributed by atoms with E-state index in [-0.39, 0.29) is 5.75 Å². The average Bonchev–Trinajstić information content (AvgIpc) is 2.44. The molecule has 0 heterocycles. The molecule has 0 aliphatic rings. The molecule has 0 spiro atoms. The van der Waals surface area contributed by atoms with E-state index in [0.717, 1.165) is 19.3 Å². The first-order valence-electron chi connectivity index (χ1n) is 7.52. The van der Waals surface area contributed by atoms with Gasteiger partial charge in [-0.3, -0.25) is 0 Å². The standard InChI is InChI=1S/C17H26O2S/c1-4-7-8-9-15(6-3)16-10-12-17(13-11-16)20(18,19)14-5-2/h7-8,10-13,15H,4-6,9,14H2,1-3H3/b8-7-. The van der Waals surface area contributed by atoms with Gasteiger partial charge in [0.25, 0.3) is 0 Å². The topological polar surface area (TPSA) is 34.1 Å². The second-order valence-corrected chi connectivity index (χ2v) is 7.22. The second-order valence-electron chi connectivity index (χ2n) is 5.11. The molecule has 0 aliphatic carbocycles. The molecule has 2 nitrogen and oxygen atoms in total. The average molecular weight is 294 g/mol. The van der Waals surface area contributed by atoms with Crippen molar-refractivity contribution >= 4 is 9.84 Å². The van der Waals surface area contributed by atoms with E-state index < -0.39 is 9.84 Å². The molecule has 0 aromatic heterocycles. The largest absolute Gasteiger partial charge is 0.224 e. The number of rotatable bonds is 8. The molecule has 1 aromatic rings. The summed E-state index contributed by atoms with van der Waals surface area (Å²) in [6, 6.07) is 7.45. The van der Waals surface area contributed by atoms with Gasteiger partial charge >= 0.3 is 0 Å². The number of allylic oxidation sites excluding steroid dienone is 2. The third-order valence-electron chi connectivity index (χ3n) is 3.50. The summed E-state index contributed by atoms with van der Waals surface area (Å²) >= 11 is 0. The van der Waals surface area contributed by atoms with E-state index in [1.165, 1.54) is 5.56 Å². The predicted octanol–water partition coefficient (Wildman–Crippen LogP) is 4.72. The maximum absolute atomic E-state index is 12.0. The summed E-state index contributed by atoms with van der Waals surface area (Å²) in [4.78, 5) is 0.446. The van der Waals surface area contributed by atoms with Gasteiger partial charge in [0.2, 0.25) is 0 Å². The van der Waals surface area contributed by atoms with Gasteiger partial charge in [-0.2, -0.15) is 0 Å². The minimum atomic E-state index is -3.09. The van der Waals surface area contributed by atoms with Gasteiger partial charge in [-0.15, -0.1) is 0 Å². The lowest BCUT2D eigenvalue weighted by atomic mass is 9.93. The predicted molar refractivity (Wildman–Crippen MR) is 85.9 cm³/mol. The van der Waals surface area contributed by atoms with Crippen LogP contribution in [0.1, 0.15) is 57.9 Å². The molecule has 1 unspecified atom stereocenters. The van der Waals surface area contributed by atoms with Gasteiger partial charge in [-0.1, -0.05) is 45.1 Å². The third kappa shape index (κ3) is 4.78. The Morgan fingerprint density at radius 2 is 1.70 bits per heavy atom. The van der Waals surface area contributed by atoms with Crippen molar-refractivity contribution in [2.75, 3.05) is 5.75 Å². The van der Waals surface area contributed by atoms with Crippen LogP contribution in [0.25, 0.3) is 0 Å². The number of hydrogen-bond acceptors (Lipinski definition) is 2. The Bertz CT molecular complexity index is 512. The van der Waals surface area contributed by atoms with Gasteiger partial charge in [-0.05, 0) is 49.3 Å². The molecule has 1 rings (SSSR count). The summed E-state index contributed by atoms with van der Waals surface area (Å²) < 4.78 is 24.0. The van der Waals surface area contributed by atoms with Crippen LogP contribution in [0.4, 0.5) is 0 Å². The fraction of sp³-hybridized carbons (Fsp3) is 0.529. The molecule has 0 radical (unpaired) electrons. The number of hydrogen-bond donors (Lipinski definition) is 0. The molecular weight excluding hydrogens is 268 g/mol. The monoisotopic (exact) mass is 294 g/mol. The molecular formula is C17H26O2S. The van der Waals surface area contributed by atoms with Crippen molar-refractivity contribution in [3.8, 4) is 0 Å². The zero-order valence-corrected chi connectivity index (χ0v) is 13.6. The molecule has 1 aromatic carbocycles. The van der Waals surface area contributed by atoms with Gasteiger partial charge in [0, 0.05) is 0 Å². The van der Waals surface area contributed by atoms with Crippen LogP contribution < -0.4 is 0 Å². The Labute approximate surface area is 123 Å². The SMILES string of the molecule is CC/C=C\CC(CC)c1ccc(S(=O)(=O)CCC)cc1. The molecule has 0 bridgehead atoms. The Kier molecular flexibility index (Phi) is 7.00. The third-order valence-corrected chi connectivity index (χ3v) is 5.44. The van der Waals surface area contributed by atoms with E-state index in [2.05, 4.69) is 26.0 Å². The van der Waals surface area contributed by atoms with Crippen LogP contribution in [0, 0.1) is 0 Å². The summed E-state index contributed by atoms with van der Waals surface area (Å²) in [6.07, 6.45) is 8.20. The molecule has 1 atom stereocenters. The highest BCUT2D eigenvalue weighted by atomic mass is 32.2. The highest BCUT2D eigenvalue weighted by Gasteiger charge is 2.14. The van der Waals surface area contributed by atoms with E-state index in [4.69, 9.17) is 0 Å². The summed E-state index contributed by atoms with van der Waals surface area (Å²) in [7, 11) is -3.09.